The highest BCUT2D eigenvalue weighted by molar-refractivity contribution is 5.74. The zero-order chi connectivity index (χ0) is 9.97. The first-order chi connectivity index (χ1) is 6.83. The number of hydrogen-bond donors (Lipinski definition) is 0. The second kappa shape index (κ2) is 3.24. The normalized spacial score (nSPS) is 9.71. The zero-order valence-corrected chi connectivity index (χ0v) is 7.04. The number of nitrogens with zero attached hydrogens (tertiary/aromatic N) is 3. The minimum atomic E-state index is -0.452. The Kier molecular flexibility index (Phi) is 1.93. The molecule has 1 aromatic heterocycles. The van der Waals surface area contributed by atoms with E-state index in [0.29, 0.717) is 11.0 Å². The molecule has 0 saturated heterocycles. The molecule has 0 amide bonds. The van der Waals surface area contributed by atoms with Crippen LogP contribution in [-0.2, 0) is 4.79 Å². The van der Waals surface area contributed by atoms with Gasteiger partial charge in [0.25, 0.3) is 11.6 Å². The van der Waals surface area contributed by atoms with Crippen molar-refractivity contribution in [3.05, 3.63) is 40.8 Å². The summed E-state index contributed by atoms with van der Waals surface area (Å²) in [6.07, 6.45) is 2.44. The SMILES string of the molecule is O=C=Nn1c(=O)cnc2ccccc21. The molecule has 14 heavy (non-hydrogen) atoms. The van der Waals surface area contributed by atoms with E-state index in [9.17, 15) is 9.59 Å². The fourth-order valence-corrected chi connectivity index (χ4v) is 1.19. The lowest BCUT2D eigenvalue weighted by molar-refractivity contribution is 0.560. The van der Waals surface area contributed by atoms with Gasteiger partial charge in [0.1, 0.15) is 0 Å². The van der Waals surface area contributed by atoms with E-state index in [1.165, 1.54) is 6.08 Å². The third-order valence-electron chi connectivity index (χ3n) is 1.77. The van der Waals surface area contributed by atoms with E-state index in [1.807, 2.05) is 0 Å². The molecule has 2 rings (SSSR count). The molecule has 0 aliphatic carbocycles. The molecule has 68 valence electrons. The molecule has 0 radical (unpaired) electrons. The van der Waals surface area contributed by atoms with Gasteiger partial charge in [-0.3, -0.25) is 4.79 Å². The van der Waals surface area contributed by atoms with Crippen molar-refractivity contribution in [2.75, 3.05) is 0 Å². The Morgan fingerprint density at radius 1 is 1.36 bits per heavy atom. The molecule has 5 heteroatoms. The van der Waals surface area contributed by atoms with Gasteiger partial charge < -0.3 is 0 Å². The van der Waals surface area contributed by atoms with Gasteiger partial charge in [0, 0.05) is 0 Å². The van der Waals surface area contributed by atoms with Gasteiger partial charge in [-0.15, -0.1) is 0 Å². The minimum Gasteiger partial charge on any atom is -0.266 e. The van der Waals surface area contributed by atoms with E-state index in [0.717, 1.165) is 10.9 Å². The maximum atomic E-state index is 11.3. The molecule has 0 fully saturated rings. The first kappa shape index (κ1) is 8.34. The standard InChI is InChI=1S/C9H5N3O2/c13-6-11-12-8-4-2-1-3-7(8)10-5-9(12)14/h1-5H. The summed E-state index contributed by atoms with van der Waals surface area (Å²) in [6.45, 7) is 0. The number of aromatic nitrogens is 2. The predicted molar refractivity (Wildman–Crippen MR) is 49.5 cm³/mol. The highest BCUT2D eigenvalue weighted by Gasteiger charge is 2.00. The largest absolute Gasteiger partial charge is 0.290 e. The summed E-state index contributed by atoms with van der Waals surface area (Å²) in [7, 11) is 0. The van der Waals surface area contributed by atoms with Crippen LogP contribution in [-0.4, -0.2) is 15.7 Å². The van der Waals surface area contributed by atoms with Crippen LogP contribution in [0, 0.1) is 0 Å². The molecule has 0 saturated carbocycles. The Labute approximate surface area is 78.3 Å². The molecule has 1 heterocycles. The number of rotatable bonds is 1. The Morgan fingerprint density at radius 3 is 2.93 bits per heavy atom. The van der Waals surface area contributed by atoms with Crippen LogP contribution in [0.4, 0.5) is 0 Å². The van der Waals surface area contributed by atoms with Crippen molar-refractivity contribution in [1.29, 1.82) is 0 Å². The topological polar surface area (TPSA) is 64.3 Å². The first-order valence-electron chi connectivity index (χ1n) is 3.88. The van der Waals surface area contributed by atoms with Crippen LogP contribution < -0.4 is 5.56 Å². The lowest BCUT2D eigenvalue weighted by Crippen LogP contribution is -2.16. The van der Waals surface area contributed by atoms with Crippen LogP contribution in [0.15, 0.2) is 40.4 Å². The quantitative estimate of drug-likeness (QED) is 0.482. The average Bonchev–Trinajstić information content (AvgIpc) is 2.23. The van der Waals surface area contributed by atoms with Crippen LogP contribution in [0.25, 0.3) is 11.0 Å². The van der Waals surface area contributed by atoms with Crippen molar-refractivity contribution in [2.24, 2.45) is 5.10 Å². The Bertz CT molecular complexity index is 582. The summed E-state index contributed by atoms with van der Waals surface area (Å²) in [5.74, 6) is 0. The van der Waals surface area contributed by atoms with Gasteiger partial charge in [-0.2, -0.15) is 4.68 Å². The van der Waals surface area contributed by atoms with Gasteiger partial charge in [0.05, 0.1) is 17.2 Å². The van der Waals surface area contributed by atoms with Crippen molar-refractivity contribution in [3.63, 3.8) is 0 Å². The molecule has 0 aliphatic heterocycles. The monoisotopic (exact) mass is 187 g/mol. The zero-order valence-electron chi connectivity index (χ0n) is 7.04. The summed E-state index contributed by atoms with van der Waals surface area (Å²) in [5, 5.41) is 3.29. The maximum Gasteiger partial charge on any atom is 0.290 e. The molecule has 0 spiro atoms. The molecular weight excluding hydrogens is 182 g/mol. The van der Waals surface area contributed by atoms with Crippen LogP contribution in [0.3, 0.4) is 0 Å². The molecule has 1 aromatic carbocycles. The smallest absolute Gasteiger partial charge is 0.266 e. The predicted octanol–water partition coefficient (Wildman–Crippen LogP) is 0.495. The summed E-state index contributed by atoms with van der Waals surface area (Å²) < 4.78 is 0.968. The van der Waals surface area contributed by atoms with Crippen molar-refractivity contribution in [1.82, 2.24) is 9.66 Å². The third-order valence-corrected chi connectivity index (χ3v) is 1.77. The van der Waals surface area contributed by atoms with Crippen LogP contribution in [0.1, 0.15) is 0 Å². The number of isocyanates is 1. The summed E-state index contributed by atoms with van der Waals surface area (Å²) in [5.41, 5.74) is 0.640. The van der Waals surface area contributed by atoms with Gasteiger partial charge in [0.2, 0.25) is 0 Å². The molecule has 2 aromatic rings. The van der Waals surface area contributed by atoms with Gasteiger partial charge in [-0.25, -0.2) is 9.78 Å². The molecule has 5 nitrogen and oxygen atoms in total. The van der Waals surface area contributed by atoms with Crippen LogP contribution in [0.2, 0.25) is 0 Å². The van der Waals surface area contributed by atoms with Gasteiger partial charge in [-0.1, -0.05) is 17.2 Å². The molecule has 0 unspecified atom stereocenters. The average molecular weight is 187 g/mol. The van der Waals surface area contributed by atoms with E-state index in [2.05, 4.69) is 10.1 Å². The van der Waals surface area contributed by atoms with E-state index in [-0.39, 0.29) is 0 Å². The van der Waals surface area contributed by atoms with Crippen LogP contribution in [0.5, 0.6) is 0 Å². The Hall–Kier alpha value is -2.26. The van der Waals surface area contributed by atoms with E-state index in [1.54, 1.807) is 24.3 Å². The van der Waals surface area contributed by atoms with E-state index >= 15 is 0 Å². The Balaban J connectivity index is 2.96. The molecule has 0 aliphatic rings. The highest BCUT2D eigenvalue weighted by Crippen LogP contribution is 2.07. The molecule has 0 N–H and O–H groups in total. The fraction of sp³-hybridized carbons (Fsp3) is 0. The number of hydrogen-bond acceptors (Lipinski definition) is 4. The molecular formula is C9H5N3O2. The lowest BCUT2D eigenvalue weighted by atomic mass is 10.3. The second-order valence-electron chi connectivity index (χ2n) is 2.59. The summed E-state index contributed by atoms with van der Waals surface area (Å²) in [4.78, 5) is 25.2. The summed E-state index contributed by atoms with van der Waals surface area (Å²) >= 11 is 0. The highest BCUT2D eigenvalue weighted by atomic mass is 16.1. The van der Waals surface area contributed by atoms with Gasteiger partial charge in [-0.05, 0) is 12.1 Å². The fourth-order valence-electron chi connectivity index (χ4n) is 1.19. The lowest BCUT2D eigenvalue weighted by Gasteiger charge is -1.99. The van der Waals surface area contributed by atoms with Gasteiger partial charge in [0.15, 0.2) is 0 Å². The molecule has 0 atom stereocenters. The number of carbonyl (C=O) groups excluding carboxylic acids is 1. The number of fused-ring (bicyclic) bond motifs is 1. The van der Waals surface area contributed by atoms with Crippen molar-refractivity contribution >= 4 is 17.1 Å². The van der Waals surface area contributed by atoms with E-state index in [4.69, 9.17) is 0 Å². The number of para-hydroxylation sites is 2. The second-order valence-corrected chi connectivity index (χ2v) is 2.59. The van der Waals surface area contributed by atoms with Crippen molar-refractivity contribution in [3.8, 4) is 0 Å². The van der Waals surface area contributed by atoms with Crippen molar-refractivity contribution < 1.29 is 4.79 Å². The van der Waals surface area contributed by atoms with Gasteiger partial charge >= 0.3 is 0 Å². The summed E-state index contributed by atoms with van der Waals surface area (Å²) in [6, 6.07) is 6.91. The third kappa shape index (κ3) is 1.22. The van der Waals surface area contributed by atoms with Crippen molar-refractivity contribution in [2.45, 2.75) is 0 Å². The van der Waals surface area contributed by atoms with E-state index < -0.39 is 5.56 Å². The first-order valence-corrected chi connectivity index (χ1v) is 3.88. The Morgan fingerprint density at radius 2 is 2.14 bits per heavy atom. The number of benzene rings is 1. The minimum absolute atomic E-state index is 0.452. The molecule has 0 bridgehead atoms. The van der Waals surface area contributed by atoms with Crippen LogP contribution >= 0.6 is 0 Å². The maximum absolute atomic E-state index is 11.3.